The highest BCUT2D eigenvalue weighted by atomic mass is 32.2. The number of hydrogen-bond acceptors (Lipinski definition) is 5. The van der Waals surface area contributed by atoms with Crippen molar-refractivity contribution in [3.63, 3.8) is 0 Å². The van der Waals surface area contributed by atoms with Crippen molar-refractivity contribution in [1.29, 1.82) is 0 Å². The Kier molecular flexibility index (Phi) is 7.13. The molecule has 150 valence electrons. The molecule has 28 heavy (non-hydrogen) atoms. The second-order valence-electron chi connectivity index (χ2n) is 6.17. The zero-order chi connectivity index (χ0) is 20.7. The molecule has 2 amide bonds. The summed E-state index contributed by atoms with van der Waals surface area (Å²) in [7, 11) is -3.73. The fourth-order valence-electron chi connectivity index (χ4n) is 2.31. The van der Waals surface area contributed by atoms with E-state index in [0.717, 1.165) is 0 Å². The van der Waals surface area contributed by atoms with Crippen molar-refractivity contribution >= 4 is 21.8 Å². The van der Waals surface area contributed by atoms with Gasteiger partial charge in [-0.1, -0.05) is 6.07 Å². The summed E-state index contributed by atoms with van der Waals surface area (Å²) in [6.45, 7) is 5.77. The van der Waals surface area contributed by atoms with Gasteiger partial charge in [0.25, 0.3) is 11.8 Å². The van der Waals surface area contributed by atoms with Crippen molar-refractivity contribution in [2.24, 2.45) is 0 Å². The highest BCUT2D eigenvalue weighted by Crippen LogP contribution is 2.13. The third-order valence-electron chi connectivity index (χ3n) is 3.51. The first-order chi connectivity index (χ1) is 13.2. The Hall–Kier alpha value is -2.91. The van der Waals surface area contributed by atoms with Gasteiger partial charge in [-0.3, -0.25) is 20.4 Å². The highest BCUT2D eigenvalue weighted by molar-refractivity contribution is 7.89. The van der Waals surface area contributed by atoms with Gasteiger partial charge < -0.3 is 4.74 Å². The van der Waals surface area contributed by atoms with Gasteiger partial charge in [-0.2, -0.15) is 0 Å². The van der Waals surface area contributed by atoms with Crippen molar-refractivity contribution in [3.8, 4) is 5.75 Å². The van der Waals surface area contributed by atoms with Crippen LogP contribution in [0.15, 0.2) is 53.4 Å². The van der Waals surface area contributed by atoms with Crippen LogP contribution in [-0.4, -0.2) is 32.9 Å². The second kappa shape index (κ2) is 9.34. The molecule has 0 heterocycles. The SMILES string of the molecule is CCOc1ccc(C(=O)NNC(=O)c2cccc(S(=O)(=O)NC(C)C)c2)cc1. The molecule has 2 aromatic carbocycles. The van der Waals surface area contributed by atoms with Crippen LogP contribution in [0.4, 0.5) is 0 Å². The average Bonchev–Trinajstić information content (AvgIpc) is 2.66. The standard InChI is InChI=1S/C19H23N3O5S/c1-4-27-16-10-8-14(9-11-16)18(23)20-21-19(24)15-6-5-7-17(12-15)28(25,26)22-13(2)3/h5-13,22H,4H2,1-3H3,(H,20,23)(H,21,24). The summed E-state index contributed by atoms with van der Waals surface area (Å²) in [6.07, 6.45) is 0. The third kappa shape index (κ3) is 5.80. The number of ether oxygens (including phenoxy) is 1. The van der Waals surface area contributed by atoms with Crippen LogP contribution in [0.25, 0.3) is 0 Å². The van der Waals surface area contributed by atoms with Gasteiger partial charge in [0, 0.05) is 17.2 Å². The first-order valence-corrected chi connectivity index (χ1v) is 10.2. The Labute approximate surface area is 164 Å². The number of carbonyl (C=O) groups is 2. The number of hydrogen-bond donors (Lipinski definition) is 3. The van der Waals surface area contributed by atoms with Gasteiger partial charge >= 0.3 is 0 Å². The maximum Gasteiger partial charge on any atom is 0.269 e. The van der Waals surface area contributed by atoms with Crippen molar-refractivity contribution in [3.05, 3.63) is 59.7 Å². The summed E-state index contributed by atoms with van der Waals surface area (Å²) in [4.78, 5) is 24.3. The minimum atomic E-state index is -3.73. The summed E-state index contributed by atoms with van der Waals surface area (Å²) in [5.74, 6) is -0.515. The van der Waals surface area contributed by atoms with E-state index in [4.69, 9.17) is 4.74 Å². The smallest absolute Gasteiger partial charge is 0.269 e. The minimum absolute atomic E-state index is 0.0355. The molecule has 0 spiro atoms. The molecule has 0 aliphatic rings. The van der Waals surface area contributed by atoms with Crippen molar-refractivity contribution < 1.29 is 22.7 Å². The van der Waals surface area contributed by atoms with E-state index in [2.05, 4.69) is 15.6 Å². The van der Waals surface area contributed by atoms with Crippen molar-refractivity contribution in [2.45, 2.75) is 31.7 Å². The van der Waals surface area contributed by atoms with E-state index < -0.39 is 21.8 Å². The molecule has 0 aliphatic carbocycles. The number of carbonyl (C=O) groups excluding carboxylic acids is 2. The van der Waals surface area contributed by atoms with Crippen LogP contribution < -0.4 is 20.3 Å². The zero-order valence-electron chi connectivity index (χ0n) is 15.9. The predicted octanol–water partition coefficient (Wildman–Crippen LogP) is 1.85. The summed E-state index contributed by atoms with van der Waals surface area (Å²) in [5.41, 5.74) is 5.00. The van der Waals surface area contributed by atoms with E-state index >= 15 is 0 Å². The fraction of sp³-hybridized carbons (Fsp3) is 0.263. The van der Waals surface area contributed by atoms with Gasteiger partial charge in [-0.15, -0.1) is 0 Å². The first kappa shape index (κ1) is 21.4. The van der Waals surface area contributed by atoms with Gasteiger partial charge in [0.2, 0.25) is 10.0 Å². The van der Waals surface area contributed by atoms with Crippen LogP contribution in [0, 0.1) is 0 Å². The van der Waals surface area contributed by atoms with Crippen molar-refractivity contribution in [2.75, 3.05) is 6.61 Å². The molecule has 0 saturated carbocycles. The van der Waals surface area contributed by atoms with Gasteiger partial charge in [0.05, 0.1) is 11.5 Å². The van der Waals surface area contributed by atoms with E-state index in [0.29, 0.717) is 17.9 Å². The lowest BCUT2D eigenvalue weighted by Crippen LogP contribution is -2.41. The molecule has 0 aromatic heterocycles. The number of benzene rings is 2. The maximum absolute atomic E-state index is 12.3. The molecular formula is C19H23N3O5S. The first-order valence-electron chi connectivity index (χ1n) is 8.69. The topological polar surface area (TPSA) is 114 Å². The molecule has 3 N–H and O–H groups in total. The normalized spacial score (nSPS) is 11.1. The Morgan fingerprint density at radius 2 is 1.57 bits per heavy atom. The minimum Gasteiger partial charge on any atom is -0.494 e. The highest BCUT2D eigenvalue weighted by Gasteiger charge is 2.17. The Morgan fingerprint density at radius 1 is 0.964 bits per heavy atom. The van der Waals surface area contributed by atoms with E-state index in [1.165, 1.54) is 24.3 Å². The summed E-state index contributed by atoms with van der Waals surface area (Å²) < 4.78 is 32.2. The lowest BCUT2D eigenvalue weighted by Gasteiger charge is -2.11. The average molecular weight is 405 g/mol. The van der Waals surface area contributed by atoms with Gasteiger partial charge in [0.15, 0.2) is 0 Å². The quantitative estimate of drug-likeness (QED) is 0.609. The molecule has 0 aliphatic heterocycles. The maximum atomic E-state index is 12.3. The van der Waals surface area contributed by atoms with Gasteiger partial charge in [0.1, 0.15) is 5.75 Å². The Bertz CT molecular complexity index is 940. The van der Waals surface area contributed by atoms with Gasteiger partial charge in [-0.25, -0.2) is 13.1 Å². The van der Waals surface area contributed by atoms with Crippen LogP contribution in [-0.2, 0) is 10.0 Å². The van der Waals surface area contributed by atoms with Crippen LogP contribution in [0.5, 0.6) is 5.75 Å². The number of sulfonamides is 1. The molecule has 8 nitrogen and oxygen atoms in total. The second-order valence-corrected chi connectivity index (χ2v) is 7.88. The summed E-state index contributed by atoms with van der Waals surface area (Å²) in [6, 6.07) is 11.7. The largest absolute Gasteiger partial charge is 0.494 e. The predicted molar refractivity (Wildman–Crippen MR) is 104 cm³/mol. The number of amides is 2. The van der Waals surface area contributed by atoms with Crippen LogP contribution in [0.1, 0.15) is 41.5 Å². The van der Waals surface area contributed by atoms with Gasteiger partial charge in [-0.05, 0) is 63.2 Å². The lowest BCUT2D eigenvalue weighted by atomic mass is 10.2. The number of nitrogens with one attached hydrogen (secondary N) is 3. The molecule has 0 atom stereocenters. The third-order valence-corrected chi connectivity index (χ3v) is 5.17. The molecule has 0 saturated heterocycles. The monoisotopic (exact) mass is 405 g/mol. The van der Waals surface area contributed by atoms with Crippen molar-refractivity contribution in [1.82, 2.24) is 15.6 Å². The number of rotatable bonds is 7. The summed E-state index contributed by atoms with van der Waals surface area (Å²) in [5, 5.41) is 0. The summed E-state index contributed by atoms with van der Waals surface area (Å²) >= 11 is 0. The molecular weight excluding hydrogens is 382 g/mol. The molecule has 0 bridgehead atoms. The lowest BCUT2D eigenvalue weighted by molar-refractivity contribution is 0.0846. The number of hydrazine groups is 1. The van der Waals surface area contributed by atoms with Crippen LogP contribution in [0.2, 0.25) is 0 Å². The molecule has 2 rings (SSSR count). The molecule has 0 fully saturated rings. The molecule has 0 unspecified atom stereocenters. The van der Waals surface area contributed by atoms with E-state index in [-0.39, 0.29) is 16.5 Å². The Morgan fingerprint density at radius 3 is 2.14 bits per heavy atom. The van der Waals surface area contributed by atoms with Crippen LogP contribution in [0.3, 0.4) is 0 Å². The molecule has 0 radical (unpaired) electrons. The zero-order valence-corrected chi connectivity index (χ0v) is 16.7. The van der Waals surface area contributed by atoms with E-state index in [1.807, 2.05) is 6.92 Å². The van der Waals surface area contributed by atoms with E-state index in [9.17, 15) is 18.0 Å². The molecule has 2 aromatic rings. The molecule has 9 heteroatoms. The van der Waals surface area contributed by atoms with E-state index in [1.54, 1.807) is 38.1 Å². The van der Waals surface area contributed by atoms with Crippen LogP contribution >= 0.6 is 0 Å². The fourth-order valence-corrected chi connectivity index (χ4v) is 3.61. The Balaban J connectivity index is 2.03.